The predicted molar refractivity (Wildman–Crippen MR) is 63.4 cm³/mol. The van der Waals surface area contributed by atoms with Gasteiger partial charge in [-0.05, 0) is 18.2 Å². The maximum atomic E-state index is 11.6. The van der Waals surface area contributed by atoms with Gasteiger partial charge in [-0.1, -0.05) is 6.07 Å². The third kappa shape index (κ3) is 3.56. The van der Waals surface area contributed by atoms with Gasteiger partial charge in [0.15, 0.2) is 0 Å². The van der Waals surface area contributed by atoms with E-state index >= 15 is 0 Å². The Bertz CT molecular complexity index is 552. The van der Waals surface area contributed by atoms with Crippen LogP contribution in [0.5, 0.6) is 6.08 Å². The summed E-state index contributed by atoms with van der Waals surface area (Å²) in [6, 6.07) is 5.49. The maximum absolute atomic E-state index is 11.6. The fraction of sp³-hybridized carbons (Fsp3) is 0. The number of ether oxygens (including phenoxy) is 1. The molecule has 0 spiro atoms. The Kier molecular flexibility index (Phi) is 5.33. The predicted octanol–water partition coefficient (Wildman–Crippen LogP) is 0.676. The molecule has 1 heterocycles. The normalized spacial score (nSPS) is 9.33. The number of carbonyl (C=O) groups excluding carboxylic acids is 1. The first-order chi connectivity index (χ1) is 8.16. The van der Waals surface area contributed by atoms with Crippen LogP contribution < -0.4 is 4.74 Å². The summed E-state index contributed by atoms with van der Waals surface area (Å²) in [4.78, 5) is 25.9. The molecule has 0 fully saturated rings. The van der Waals surface area contributed by atoms with Crippen molar-refractivity contribution in [3.8, 4) is 6.08 Å². The van der Waals surface area contributed by atoms with Crippen molar-refractivity contribution < 1.29 is 23.8 Å². The number of carboxylic acids is 1. The van der Waals surface area contributed by atoms with Crippen LogP contribution in [-0.2, 0) is 0 Å². The van der Waals surface area contributed by atoms with Crippen LogP contribution in [0.4, 0.5) is 0 Å². The molecule has 0 bridgehead atoms. The topological polar surface area (TPSA) is 89.6 Å². The summed E-state index contributed by atoms with van der Waals surface area (Å²) in [5.74, 6) is -1.84. The molecule has 0 aliphatic carbocycles. The van der Waals surface area contributed by atoms with E-state index < -0.39 is 11.9 Å². The second-order valence-electron chi connectivity index (χ2n) is 3.07. The van der Waals surface area contributed by atoms with Crippen LogP contribution in [0.1, 0.15) is 20.7 Å². The zero-order valence-electron chi connectivity index (χ0n) is 8.49. The Labute approximate surface area is 132 Å². The second-order valence-corrected chi connectivity index (χ2v) is 3.07. The van der Waals surface area contributed by atoms with Crippen LogP contribution in [0.2, 0.25) is 0 Å². The van der Waals surface area contributed by atoms with Gasteiger partial charge in [0, 0.05) is 0 Å². The molecule has 1 aromatic heterocycles. The van der Waals surface area contributed by atoms with E-state index in [9.17, 15) is 9.59 Å². The Hall–Kier alpha value is -1.37. The molecule has 1 N–H and O–H groups in total. The molecular formula is C11H9CaNO5. The van der Waals surface area contributed by atoms with Gasteiger partial charge in [-0.15, -0.1) is 0 Å². The third-order valence-electron chi connectivity index (χ3n) is 1.93. The number of esters is 1. The molecule has 0 atom stereocenters. The van der Waals surface area contributed by atoms with Crippen LogP contribution in [0, 0.1) is 0 Å². The van der Waals surface area contributed by atoms with Crippen molar-refractivity contribution in [2.24, 2.45) is 0 Å². The Morgan fingerprint density at radius 2 is 2.00 bits per heavy atom. The van der Waals surface area contributed by atoms with Crippen molar-refractivity contribution in [2.75, 3.05) is 0 Å². The van der Waals surface area contributed by atoms with Crippen LogP contribution in [0.15, 0.2) is 41.1 Å². The van der Waals surface area contributed by atoms with Crippen molar-refractivity contribution in [1.82, 2.24) is 4.98 Å². The molecule has 0 aliphatic rings. The van der Waals surface area contributed by atoms with Gasteiger partial charge in [-0.25, -0.2) is 9.59 Å². The zero-order chi connectivity index (χ0) is 12.3. The fourth-order valence-electron chi connectivity index (χ4n) is 1.18. The molecule has 18 heavy (non-hydrogen) atoms. The van der Waals surface area contributed by atoms with E-state index in [2.05, 4.69) is 4.98 Å². The van der Waals surface area contributed by atoms with Gasteiger partial charge in [0.25, 0.3) is 0 Å². The van der Waals surface area contributed by atoms with Crippen LogP contribution in [-0.4, -0.2) is 59.8 Å². The molecule has 0 saturated carbocycles. The first-order valence-corrected chi connectivity index (χ1v) is 4.62. The zero-order valence-corrected chi connectivity index (χ0v) is 8.49. The van der Waals surface area contributed by atoms with Gasteiger partial charge in [0.2, 0.25) is 0 Å². The molecule has 0 amide bonds. The van der Waals surface area contributed by atoms with Gasteiger partial charge in [-0.2, -0.15) is 4.98 Å². The van der Waals surface area contributed by atoms with Crippen molar-refractivity contribution in [3.63, 3.8) is 0 Å². The number of rotatable bonds is 3. The summed E-state index contributed by atoms with van der Waals surface area (Å²) in [6.45, 7) is 0. The average Bonchev–Trinajstić information content (AvgIpc) is 2.82. The molecule has 2 rings (SSSR count). The first kappa shape index (κ1) is 14.7. The molecule has 0 radical (unpaired) electrons. The Morgan fingerprint density at radius 3 is 2.61 bits per heavy atom. The number of hydrogen-bond donors (Lipinski definition) is 1. The number of nitrogens with zero attached hydrogens (tertiary/aromatic N) is 1. The van der Waals surface area contributed by atoms with E-state index in [0.717, 1.165) is 0 Å². The second kappa shape index (κ2) is 6.53. The van der Waals surface area contributed by atoms with Crippen molar-refractivity contribution in [1.29, 1.82) is 0 Å². The van der Waals surface area contributed by atoms with Crippen molar-refractivity contribution >= 4 is 49.7 Å². The van der Waals surface area contributed by atoms with E-state index in [4.69, 9.17) is 14.3 Å². The SMILES string of the molecule is O=C(O)c1cccc(C(=O)Oc2ncco2)c1.[CaH2]. The molecule has 2 aromatic rings. The van der Waals surface area contributed by atoms with Crippen molar-refractivity contribution in [2.45, 2.75) is 0 Å². The average molecular weight is 275 g/mol. The molecular weight excluding hydrogens is 266 g/mol. The summed E-state index contributed by atoms with van der Waals surface area (Å²) in [5, 5.41) is 8.76. The van der Waals surface area contributed by atoms with Gasteiger partial charge in [0.05, 0.1) is 17.3 Å². The number of hydrogen-bond acceptors (Lipinski definition) is 5. The molecule has 0 aliphatic heterocycles. The van der Waals surface area contributed by atoms with E-state index in [0.29, 0.717) is 0 Å². The van der Waals surface area contributed by atoms with E-state index in [1.165, 1.54) is 36.7 Å². The fourth-order valence-corrected chi connectivity index (χ4v) is 1.18. The number of carboxylic acid groups (broad SMARTS) is 1. The van der Waals surface area contributed by atoms with Crippen molar-refractivity contribution in [3.05, 3.63) is 47.9 Å². The Morgan fingerprint density at radius 1 is 1.28 bits per heavy atom. The summed E-state index contributed by atoms with van der Waals surface area (Å²) in [5.41, 5.74) is 0.120. The summed E-state index contributed by atoms with van der Waals surface area (Å²) < 4.78 is 9.50. The molecule has 90 valence electrons. The van der Waals surface area contributed by atoms with E-state index in [-0.39, 0.29) is 54.9 Å². The number of aromatic carboxylic acids is 1. The molecule has 1 aromatic carbocycles. The van der Waals surface area contributed by atoms with Crippen LogP contribution >= 0.6 is 0 Å². The summed E-state index contributed by atoms with van der Waals surface area (Å²) in [7, 11) is 0. The van der Waals surface area contributed by atoms with Crippen LogP contribution in [0.3, 0.4) is 0 Å². The third-order valence-corrected chi connectivity index (χ3v) is 1.93. The molecule has 6 nitrogen and oxygen atoms in total. The standard InChI is InChI=1S/C11H7NO5.Ca.2H/c13-9(14)7-2-1-3-8(6-7)10(15)17-11-12-4-5-16-11;;;/h1-6H,(H,13,14);;;. The van der Waals surface area contributed by atoms with Gasteiger partial charge < -0.3 is 14.3 Å². The number of oxazole rings is 1. The summed E-state index contributed by atoms with van der Waals surface area (Å²) >= 11 is 0. The van der Waals surface area contributed by atoms with Gasteiger partial charge in [0.1, 0.15) is 6.26 Å². The minimum absolute atomic E-state index is 0. The monoisotopic (exact) mass is 275 g/mol. The number of carbonyl (C=O) groups is 2. The van der Waals surface area contributed by atoms with Crippen LogP contribution in [0.25, 0.3) is 0 Å². The number of benzene rings is 1. The summed E-state index contributed by atoms with van der Waals surface area (Å²) in [6.07, 6.45) is 2.41. The quantitative estimate of drug-likeness (QED) is 0.654. The number of aromatic nitrogens is 1. The van der Waals surface area contributed by atoms with E-state index in [1.807, 2.05) is 0 Å². The molecule has 0 unspecified atom stereocenters. The van der Waals surface area contributed by atoms with Gasteiger partial charge in [-0.3, -0.25) is 0 Å². The Balaban J connectivity index is 0.00000162. The first-order valence-electron chi connectivity index (χ1n) is 4.62. The molecule has 7 heteroatoms. The minimum atomic E-state index is -1.12. The van der Waals surface area contributed by atoms with E-state index in [1.54, 1.807) is 0 Å². The molecule has 0 saturated heterocycles. The van der Waals surface area contributed by atoms with Gasteiger partial charge >= 0.3 is 55.8 Å².